The Morgan fingerprint density at radius 2 is 1.78 bits per heavy atom. The molecule has 3 aliphatic carbocycles. The lowest BCUT2D eigenvalue weighted by Crippen LogP contribution is -2.56. The van der Waals surface area contributed by atoms with E-state index in [1.165, 1.54) is 11.1 Å². The Kier molecular flexibility index (Phi) is 11.2. The molecule has 1 saturated heterocycles. The van der Waals surface area contributed by atoms with Crippen molar-refractivity contribution in [3.8, 4) is 5.75 Å². The molecule has 1 heterocycles. The van der Waals surface area contributed by atoms with Crippen LogP contribution in [-0.4, -0.2) is 72.4 Å². The van der Waals surface area contributed by atoms with Gasteiger partial charge in [-0.25, -0.2) is 4.79 Å². The number of carbonyl (C=O) groups excluding carboxylic acids is 1. The van der Waals surface area contributed by atoms with Gasteiger partial charge >= 0.3 is 18.4 Å². The summed E-state index contributed by atoms with van der Waals surface area (Å²) in [5.41, 5.74) is -1.74. The van der Waals surface area contributed by atoms with E-state index >= 15 is 0 Å². The number of carbonyl (C=O) groups is 1. The number of hydrogen-bond donors (Lipinski definition) is 0. The van der Waals surface area contributed by atoms with Crippen LogP contribution >= 0.6 is 21.6 Å². The third kappa shape index (κ3) is 7.18. The first-order valence-electron chi connectivity index (χ1n) is 16.4. The largest absolute Gasteiger partial charge is 0.426 e. The van der Waals surface area contributed by atoms with E-state index in [0.29, 0.717) is 30.0 Å². The fourth-order valence-corrected chi connectivity index (χ4v) is 10.7. The van der Waals surface area contributed by atoms with Crippen LogP contribution in [0.1, 0.15) is 89.2 Å². The number of benzene rings is 1. The zero-order valence-electron chi connectivity index (χ0n) is 26.7. The highest BCUT2D eigenvalue weighted by Gasteiger charge is 2.69. The Morgan fingerprint density at radius 1 is 1.02 bits per heavy atom. The maximum Gasteiger partial charge on any atom is 0.426 e. The van der Waals surface area contributed by atoms with Crippen LogP contribution in [-0.2, 0) is 15.9 Å². The Labute approximate surface area is 275 Å². The van der Waals surface area contributed by atoms with Crippen LogP contribution in [0.15, 0.2) is 18.2 Å². The van der Waals surface area contributed by atoms with Gasteiger partial charge in [-0.15, -0.1) is 0 Å². The van der Waals surface area contributed by atoms with Gasteiger partial charge in [-0.3, -0.25) is 0 Å². The molecule has 6 unspecified atom stereocenters. The lowest BCUT2D eigenvalue weighted by Gasteiger charge is -2.50. The number of alkyl halides is 6. The second kappa shape index (κ2) is 14.3. The van der Waals surface area contributed by atoms with E-state index in [2.05, 4.69) is 24.7 Å². The highest BCUT2D eigenvalue weighted by atomic mass is 33.1. The van der Waals surface area contributed by atoms with Gasteiger partial charge in [0.2, 0.25) is 0 Å². The van der Waals surface area contributed by atoms with E-state index in [0.717, 1.165) is 62.9 Å². The second-order valence-corrected chi connectivity index (χ2v) is 16.2. The van der Waals surface area contributed by atoms with Gasteiger partial charge in [0.1, 0.15) is 5.75 Å². The van der Waals surface area contributed by atoms with Gasteiger partial charge < -0.3 is 19.1 Å². The van der Waals surface area contributed by atoms with Gasteiger partial charge in [0.05, 0.1) is 12.7 Å². The van der Waals surface area contributed by atoms with E-state index < -0.39 is 24.6 Å². The first kappa shape index (κ1) is 36.0. The van der Waals surface area contributed by atoms with E-state index in [4.69, 9.17) is 9.47 Å². The molecule has 0 N–H and O–H groups in total. The van der Waals surface area contributed by atoms with Crippen molar-refractivity contribution in [1.82, 2.24) is 4.90 Å². The summed E-state index contributed by atoms with van der Waals surface area (Å²) in [6.07, 6.45) is -4.09. The second-order valence-electron chi connectivity index (χ2n) is 13.6. The molecule has 3 fully saturated rings. The average Bonchev–Trinajstić information content (AvgIpc) is 3.34. The van der Waals surface area contributed by atoms with Crippen molar-refractivity contribution in [1.29, 1.82) is 0 Å². The minimum absolute atomic E-state index is 0.0302. The fraction of sp³-hybridized carbons (Fsp3) is 0.788. The van der Waals surface area contributed by atoms with E-state index in [1.807, 2.05) is 38.6 Å². The summed E-state index contributed by atoms with van der Waals surface area (Å²) in [6, 6.07) is 6.29. The maximum atomic E-state index is 13.2. The molecule has 0 spiro atoms. The average molecular weight is 698 g/mol. The molecular weight excluding hydrogens is 652 g/mol. The summed E-state index contributed by atoms with van der Waals surface area (Å²) in [5, 5.41) is 0. The van der Waals surface area contributed by atoms with Gasteiger partial charge in [0, 0.05) is 30.7 Å². The molecule has 0 radical (unpaired) electrons. The predicted octanol–water partition coefficient (Wildman–Crippen LogP) is 9.58. The lowest BCUT2D eigenvalue weighted by atomic mass is 9.55. The topological polar surface area (TPSA) is 48.0 Å². The molecule has 1 aromatic carbocycles. The summed E-state index contributed by atoms with van der Waals surface area (Å²) < 4.78 is 95.1. The smallest absolute Gasteiger partial charge is 0.410 e. The quantitative estimate of drug-likeness (QED) is 0.138. The zero-order chi connectivity index (χ0) is 33.3. The first-order valence-corrected chi connectivity index (χ1v) is 18.9. The van der Waals surface area contributed by atoms with Crippen LogP contribution in [0.5, 0.6) is 5.75 Å². The van der Waals surface area contributed by atoms with Gasteiger partial charge in [-0.2, -0.15) is 26.3 Å². The predicted molar refractivity (Wildman–Crippen MR) is 168 cm³/mol. The molecule has 1 aromatic rings. The summed E-state index contributed by atoms with van der Waals surface area (Å²) in [6.45, 7) is 4.36. The maximum absolute atomic E-state index is 13.2. The van der Waals surface area contributed by atoms with Crippen LogP contribution in [0.4, 0.5) is 31.1 Å². The number of aryl methyl sites for hydroxylation is 1. The Hall–Kier alpha value is -1.31. The van der Waals surface area contributed by atoms with Crippen LogP contribution in [0, 0.1) is 17.3 Å². The van der Waals surface area contributed by atoms with Crippen LogP contribution in [0.3, 0.4) is 0 Å². The van der Waals surface area contributed by atoms with Crippen LogP contribution in [0.2, 0.25) is 0 Å². The summed E-state index contributed by atoms with van der Waals surface area (Å²) in [5.74, 6) is 3.82. The van der Waals surface area contributed by atoms with E-state index in [-0.39, 0.29) is 43.6 Å². The molecule has 5 rings (SSSR count). The number of nitrogens with zero attached hydrogens (tertiary/aromatic N) is 1. The summed E-state index contributed by atoms with van der Waals surface area (Å²) in [7, 11) is 3.66. The van der Waals surface area contributed by atoms with Crippen molar-refractivity contribution >= 4 is 27.7 Å². The molecule has 46 heavy (non-hydrogen) atoms. The van der Waals surface area contributed by atoms with Gasteiger partial charge in [0.25, 0.3) is 5.60 Å². The van der Waals surface area contributed by atoms with Crippen molar-refractivity contribution in [2.24, 2.45) is 17.3 Å². The summed E-state index contributed by atoms with van der Waals surface area (Å²) >= 11 is 0. The minimum atomic E-state index is -5.56. The number of halogens is 6. The Bertz CT molecular complexity index is 1200. The highest BCUT2D eigenvalue weighted by molar-refractivity contribution is 8.76. The zero-order valence-corrected chi connectivity index (χ0v) is 28.3. The molecule has 1 aliphatic heterocycles. The molecule has 6 atom stereocenters. The molecule has 2 saturated carbocycles. The Balaban J connectivity index is 1.16. The van der Waals surface area contributed by atoms with Gasteiger partial charge in [0.15, 0.2) is 0 Å². The Morgan fingerprint density at radius 3 is 2.46 bits per heavy atom. The fourth-order valence-electron chi connectivity index (χ4n) is 8.26. The number of ether oxygens (including phenoxy) is 3. The molecule has 5 nitrogen and oxygen atoms in total. The van der Waals surface area contributed by atoms with Crippen molar-refractivity contribution in [2.45, 2.75) is 115 Å². The van der Waals surface area contributed by atoms with Crippen molar-refractivity contribution < 1.29 is 45.3 Å². The highest BCUT2D eigenvalue weighted by Crippen LogP contribution is 2.61. The monoisotopic (exact) mass is 697 g/mol. The number of fused-ring (bicyclic) bond motifs is 5. The van der Waals surface area contributed by atoms with Crippen LogP contribution < -0.4 is 4.74 Å². The van der Waals surface area contributed by atoms with E-state index in [1.54, 1.807) is 0 Å². The summed E-state index contributed by atoms with van der Waals surface area (Å²) in [4.78, 5) is 15.1. The number of rotatable bonds is 10. The molecular formula is C33H45F6NO4S2. The first-order chi connectivity index (χ1) is 21.7. The molecule has 1 amide bonds. The minimum Gasteiger partial charge on any atom is -0.410 e. The van der Waals surface area contributed by atoms with Crippen molar-refractivity contribution in [3.05, 3.63) is 29.3 Å². The molecule has 13 heteroatoms. The lowest BCUT2D eigenvalue weighted by molar-refractivity contribution is -0.374. The number of amides is 1. The third-order valence-electron chi connectivity index (χ3n) is 10.9. The van der Waals surface area contributed by atoms with Crippen molar-refractivity contribution in [2.75, 3.05) is 31.3 Å². The molecule has 260 valence electrons. The standard InChI is InChI=1S/C33H45F6NO4S2/c1-4-15-40(22-13-18-45-46-20-22)29(41)44-23-7-9-24-21(19-23)6-8-26-25(24)12-14-30(2)27(26)10-11-28(30)42-16-5-17-43-31(3,32(34,35)36)33(37,38)39/h7,9,19,22,25-28H,4-6,8,10-18,20H2,1-3H3. The normalized spacial score (nSPS) is 29.9. The van der Waals surface area contributed by atoms with Gasteiger partial charge in [-0.05, 0) is 111 Å². The number of hydrogen-bond acceptors (Lipinski definition) is 6. The van der Waals surface area contributed by atoms with Crippen molar-refractivity contribution in [3.63, 3.8) is 0 Å². The van der Waals surface area contributed by atoms with E-state index in [9.17, 15) is 31.1 Å². The molecule has 0 aromatic heterocycles. The third-order valence-corrected chi connectivity index (χ3v) is 13.4. The SMILES string of the molecule is CCCN(C(=O)Oc1ccc2c(c1)CCC1C2CCC2(C)C(OCCCOC(C)(C(F)(F)F)C(F)(F)F)CCC12)C1CCSSC1. The molecule has 0 bridgehead atoms. The van der Waals surface area contributed by atoms with Gasteiger partial charge in [-0.1, -0.05) is 41.5 Å². The van der Waals surface area contributed by atoms with Crippen LogP contribution in [0.25, 0.3) is 0 Å². The molecule has 4 aliphatic rings.